The van der Waals surface area contributed by atoms with Gasteiger partial charge < -0.3 is 10.0 Å². The maximum Gasteiger partial charge on any atom is 0.128 e. The Morgan fingerprint density at radius 3 is 2.83 bits per heavy atom. The molecular weight excluding hydrogens is 220 g/mol. The van der Waals surface area contributed by atoms with Crippen LogP contribution in [0.1, 0.15) is 0 Å². The van der Waals surface area contributed by atoms with Crippen LogP contribution in [0.3, 0.4) is 0 Å². The van der Waals surface area contributed by atoms with Crippen molar-refractivity contribution in [1.29, 1.82) is 0 Å². The van der Waals surface area contributed by atoms with Crippen molar-refractivity contribution < 1.29 is 5.11 Å². The quantitative estimate of drug-likeness (QED) is 0.851. The summed E-state index contributed by atoms with van der Waals surface area (Å²) in [5.41, 5.74) is 0. The fourth-order valence-corrected chi connectivity index (χ4v) is 1.09. The number of aliphatic hydroxyl groups is 1. The van der Waals surface area contributed by atoms with Crippen molar-refractivity contribution in [1.82, 2.24) is 4.98 Å². The predicted molar refractivity (Wildman–Crippen MR) is 52.3 cm³/mol. The molecule has 0 aromatic carbocycles. The van der Waals surface area contributed by atoms with Crippen LogP contribution in [0.25, 0.3) is 0 Å². The van der Waals surface area contributed by atoms with E-state index in [1.165, 1.54) is 0 Å². The molecule has 0 unspecified atom stereocenters. The Balaban J connectivity index is 2.68. The number of anilines is 1. The molecule has 0 aliphatic carbocycles. The van der Waals surface area contributed by atoms with Crippen molar-refractivity contribution in [2.75, 3.05) is 25.1 Å². The van der Waals surface area contributed by atoms with Crippen LogP contribution in [0, 0.1) is 0 Å². The van der Waals surface area contributed by atoms with Gasteiger partial charge >= 0.3 is 0 Å². The minimum atomic E-state index is 0.147. The van der Waals surface area contributed by atoms with Crippen LogP contribution in [-0.4, -0.2) is 30.3 Å². The summed E-state index contributed by atoms with van der Waals surface area (Å²) in [4.78, 5) is 6.06. The molecule has 0 atom stereocenters. The normalized spacial score (nSPS) is 9.92. The van der Waals surface area contributed by atoms with Gasteiger partial charge in [0.15, 0.2) is 0 Å². The standard InChI is InChI=1S/C8H11BrN2O/c1-11(4-5-12)8-3-2-7(9)6-10-8/h2-3,6,12H,4-5H2,1H3. The Labute approximate surface area is 80.2 Å². The summed E-state index contributed by atoms with van der Waals surface area (Å²) in [5.74, 6) is 0.868. The minimum Gasteiger partial charge on any atom is -0.395 e. The molecule has 3 nitrogen and oxygen atoms in total. The molecule has 0 saturated heterocycles. The van der Waals surface area contributed by atoms with Crippen LogP contribution in [0.4, 0.5) is 5.82 Å². The van der Waals surface area contributed by atoms with Gasteiger partial charge in [0.2, 0.25) is 0 Å². The minimum absolute atomic E-state index is 0.147. The summed E-state index contributed by atoms with van der Waals surface area (Å²) in [7, 11) is 1.90. The lowest BCUT2D eigenvalue weighted by molar-refractivity contribution is 0.304. The molecule has 1 heterocycles. The smallest absolute Gasteiger partial charge is 0.128 e. The van der Waals surface area contributed by atoms with Crippen LogP contribution in [0.15, 0.2) is 22.8 Å². The largest absolute Gasteiger partial charge is 0.395 e. The fourth-order valence-electron chi connectivity index (χ4n) is 0.858. The highest BCUT2D eigenvalue weighted by molar-refractivity contribution is 9.10. The Kier molecular flexibility index (Phi) is 3.49. The Hall–Kier alpha value is -0.610. The van der Waals surface area contributed by atoms with Crippen LogP contribution in [0.5, 0.6) is 0 Å². The molecule has 1 aromatic heterocycles. The fraction of sp³-hybridized carbons (Fsp3) is 0.375. The van der Waals surface area contributed by atoms with Crippen LogP contribution < -0.4 is 4.90 Å². The molecule has 4 heteroatoms. The zero-order chi connectivity index (χ0) is 8.97. The second-order valence-electron chi connectivity index (χ2n) is 2.48. The maximum atomic E-state index is 8.67. The van der Waals surface area contributed by atoms with Gasteiger partial charge in [-0.15, -0.1) is 0 Å². The predicted octanol–water partition coefficient (Wildman–Crippen LogP) is 1.27. The second-order valence-corrected chi connectivity index (χ2v) is 3.40. The number of aromatic nitrogens is 1. The number of nitrogens with zero attached hydrogens (tertiary/aromatic N) is 2. The average molecular weight is 231 g/mol. The number of pyridine rings is 1. The Morgan fingerprint density at radius 1 is 1.58 bits per heavy atom. The summed E-state index contributed by atoms with van der Waals surface area (Å²) >= 11 is 3.30. The monoisotopic (exact) mass is 230 g/mol. The van der Waals surface area contributed by atoms with E-state index in [1.807, 2.05) is 24.1 Å². The molecule has 0 spiro atoms. The number of hydrogen-bond acceptors (Lipinski definition) is 3. The van der Waals surface area contributed by atoms with Gasteiger partial charge in [-0.3, -0.25) is 0 Å². The van der Waals surface area contributed by atoms with E-state index in [9.17, 15) is 0 Å². The van der Waals surface area contributed by atoms with Gasteiger partial charge in [0.25, 0.3) is 0 Å². The number of rotatable bonds is 3. The second kappa shape index (κ2) is 4.42. The lowest BCUT2D eigenvalue weighted by Crippen LogP contribution is -2.21. The molecule has 0 saturated carbocycles. The van der Waals surface area contributed by atoms with E-state index in [4.69, 9.17) is 5.11 Å². The first-order chi connectivity index (χ1) is 5.74. The van der Waals surface area contributed by atoms with E-state index in [0.717, 1.165) is 10.3 Å². The van der Waals surface area contributed by atoms with Crippen molar-refractivity contribution in [3.63, 3.8) is 0 Å². The summed E-state index contributed by atoms with van der Waals surface area (Å²) in [6, 6.07) is 3.83. The molecule has 66 valence electrons. The lowest BCUT2D eigenvalue weighted by atomic mass is 10.4. The molecule has 1 rings (SSSR count). The van der Waals surface area contributed by atoms with E-state index in [2.05, 4.69) is 20.9 Å². The van der Waals surface area contributed by atoms with Crippen LogP contribution >= 0.6 is 15.9 Å². The first kappa shape index (κ1) is 9.48. The van der Waals surface area contributed by atoms with E-state index >= 15 is 0 Å². The number of likely N-dealkylation sites (N-methyl/N-ethyl adjacent to an activating group) is 1. The van der Waals surface area contributed by atoms with Gasteiger partial charge in [0.05, 0.1) is 6.61 Å². The molecule has 0 fully saturated rings. The van der Waals surface area contributed by atoms with Gasteiger partial charge in [-0.05, 0) is 28.1 Å². The SMILES string of the molecule is CN(CCO)c1ccc(Br)cn1. The number of hydrogen-bond donors (Lipinski definition) is 1. The highest BCUT2D eigenvalue weighted by Gasteiger charge is 1.99. The maximum absolute atomic E-state index is 8.67. The first-order valence-electron chi connectivity index (χ1n) is 3.67. The number of halogens is 1. The van der Waals surface area contributed by atoms with E-state index in [0.29, 0.717) is 6.54 Å². The molecular formula is C8H11BrN2O. The lowest BCUT2D eigenvalue weighted by Gasteiger charge is -2.15. The third-order valence-corrected chi connectivity index (χ3v) is 2.01. The summed E-state index contributed by atoms with van der Waals surface area (Å²) in [5, 5.41) is 8.67. The van der Waals surface area contributed by atoms with Gasteiger partial charge in [0, 0.05) is 24.3 Å². The van der Waals surface area contributed by atoms with E-state index in [1.54, 1.807) is 6.20 Å². The zero-order valence-corrected chi connectivity index (χ0v) is 8.45. The first-order valence-corrected chi connectivity index (χ1v) is 4.47. The summed E-state index contributed by atoms with van der Waals surface area (Å²) in [6.07, 6.45) is 1.74. The zero-order valence-electron chi connectivity index (χ0n) is 6.87. The summed E-state index contributed by atoms with van der Waals surface area (Å²) < 4.78 is 0.962. The molecule has 12 heavy (non-hydrogen) atoms. The summed E-state index contributed by atoms with van der Waals surface area (Å²) in [6.45, 7) is 0.753. The molecule has 1 aromatic rings. The number of aliphatic hydroxyl groups excluding tert-OH is 1. The van der Waals surface area contributed by atoms with E-state index < -0.39 is 0 Å². The van der Waals surface area contributed by atoms with Crippen LogP contribution in [-0.2, 0) is 0 Å². The third kappa shape index (κ3) is 2.46. The van der Waals surface area contributed by atoms with Gasteiger partial charge in [-0.1, -0.05) is 0 Å². The third-order valence-electron chi connectivity index (χ3n) is 1.54. The van der Waals surface area contributed by atoms with Crippen molar-refractivity contribution >= 4 is 21.7 Å². The Morgan fingerprint density at radius 2 is 2.33 bits per heavy atom. The molecule has 0 radical (unpaired) electrons. The Bertz CT molecular complexity index is 237. The topological polar surface area (TPSA) is 36.4 Å². The highest BCUT2D eigenvalue weighted by atomic mass is 79.9. The molecule has 0 amide bonds. The van der Waals surface area contributed by atoms with Crippen LogP contribution in [0.2, 0.25) is 0 Å². The van der Waals surface area contributed by atoms with Crippen molar-refractivity contribution in [3.8, 4) is 0 Å². The van der Waals surface area contributed by atoms with Gasteiger partial charge in [-0.25, -0.2) is 4.98 Å². The van der Waals surface area contributed by atoms with Crippen molar-refractivity contribution in [3.05, 3.63) is 22.8 Å². The average Bonchev–Trinajstić information content (AvgIpc) is 2.06. The van der Waals surface area contributed by atoms with E-state index in [-0.39, 0.29) is 6.61 Å². The molecule has 0 aliphatic heterocycles. The van der Waals surface area contributed by atoms with Crippen molar-refractivity contribution in [2.24, 2.45) is 0 Å². The van der Waals surface area contributed by atoms with Crippen molar-refractivity contribution in [2.45, 2.75) is 0 Å². The molecule has 1 N–H and O–H groups in total. The molecule has 0 bridgehead atoms. The highest BCUT2D eigenvalue weighted by Crippen LogP contribution is 2.12. The molecule has 0 aliphatic rings. The van der Waals surface area contributed by atoms with Gasteiger partial charge in [-0.2, -0.15) is 0 Å². The van der Waals surface area contributed by atoms with Gasteiger partial charge in [0.1, 0.15) is 5.82 Å².